The van der Waals surface area contributed by atoms with Crippen molar-refractivity contribution in [3.63, 3.8) is 0 Å². The van der Waals surface area contributed by atoms with Crippen molar-refractivity contribution in [2.24, 2.45) is 0 Å². The monoisotopic (exact) mass is 380 g/mol. The SMILES string of the molecule is C/C=C(\C=C/CC)Oc1cccc(C2NC(=O)c3cc([N+](=O)[O-])ccc3O2)c1. The molecule has 0 saturated heterocycles. The van der Waals surface area contributed by atoms with Gasteiger partial charge in [-0.25, -0.2) is 0 Å². The molecule has 1 amide bonds. The number of amides is 1. The summed E-state index contributed by atoms with van der Waals surface area (Å²) in [5.74, 6) is 1.19. The number of nitrogens with one attached hydrogen (secondary N) is 1. The summed E-state index contributed by atoms with van der Waals surface area (Å²) in [5.41, 5.74) is 0.675. The van der Waals surface area contributed by atoms with Gasteiger partial charge in [-0.2, -0.15) is 0 Å². The second-order valence-corrected chi connectivity index (χ2v) is 6.09. The number of benzene rings is 2. The van der Waals surface area contributed by atoms with Gasteiger partial charge in [0, 0.05) is 17.7 Å². The minimum Gasteiger partial charge on any atom is -0.466 e. The second kappa shape index (κ2) is 8.39. The third kappa shape index (κ3) is 4.20. The third-order valence-corrected chi connectivity index (χ3v) is 4.12. The molecule has 1 N–H and O–H groups in total. The van der Waals surface area contributed by atoms with Crippen LogP contribution in [-0.2, 0) is 0 Å². The maximum Gasteiger partial charge on any atom is 0.270 e. The van der Waals surface area contributed by atoms with Crippen molar-refractivity contribution in [2.45, 2.75) is 26.5 Å². The van der Waals surface area contributed by atoms with E-state index in [1.807, 2.05) is 50.3 Å². The first kappa shape index (κ1) is 19.2. The van der Waals surface area contributed by atoms with Crippen molar-refractivity contribution in [3.05, 3.63) is 87.7 Å². The normalized spacial score (nSPS) is 16.3. The number of nitro benzene ring substituents is 1. The molecule has 0 bridgehead atoms. The molecule has 7 nitrogen and oxygen atoms in total. The predicted octanol–water partition coefficient (Wildman–Crippen LogP) is 4.66. The van der Waals surface area contributed by atoms with Gasteiger partial charge >= 0.3 is 0 Å². The zero-order chi connectivity index (χ0) is 20.1. The highest BCUT2D eigenvalue weighted by Crippen LogP contribution is 2.32. The minimum absolute atomic E-state index is 0.138. The number of non-ortho nitro benzene ring substituents is 1. The molecule has 0 aliphatic carbocycles. The van der Waals surface area contributed by atoms with Crippen LogP contribution in [0.4, 0.5) is 5.69 Å². The van der Waals surface area contributed by atoms with Gasteiger partial charge in [-0.3, -0.25) is 14.9 Å². The quantitative estimate of drug-likeness (QED) is 0.340. The van der Waals surface area contributed by atoms with Gasteiger partial charge in [0.15, 0.2) is 6.23 Å². The molecule has 144 valence electrons. The first-order valence-electron chi connectivity index (χ1n) is 8.88. The Hall–Kier alpha value is -3.61. The number of ether oxygens (including phenoxy) is 2. The molecule has 0 aromatic heterocycles. The van der Waals surface area contributed by atoms with Crippen LogP contribution in [-0.4, -0.2) is 10.8 Å². The number of allylic oxidation sites excluding steroid dienone is 3. The summed E-state index contributed by atoms with van der Waals surface area (Å²) in [6.45, 7) is 3.93. The standard InChI is InChI=1S/C21H20N2O5/c1-3-5-8-16(4-2)27-17-9-6-7-14(12-17)21-22-20(24)18-13-15(23(25)26)10-11-19(18)28-21/h4-13,21H,3H2,1-2H3,(H,22,24)/b8-5-,16-4+. The van der Waals surface area contributed by atoms with E-state index in [-0.39, 0.29) is 11.3 Å². The van der Waals surface area contributed by atoms with Crippen LogP contribution in [0.25, 0.3) is 0 Å². The fourth-order valence-corrected chi connectivity index (χ4v) is 2.72. The maximum atomic E-state index is 12.4. The Morgan fingerprint density at radius 1 is 1.32 bits per heavy atom. The number of rotatable bonds is 6. The highest BCUT2D eigenvalue weighted by atomic mass is 16.6. The van der Waals surface area contributed by atoms with E-state index in [0.717, 1.165) is 6.42 Å². The lowest BCUT2D eigenvalue weighted by molar-refractivity contribution is -0.384. The molecule has 0 spiro atoms. The maximum absolute atomic E-state index is 12.4. The van der Waals surface area contributed by atoms with Crippen LogP contribution < -0.4 is 14.8 Å². The van der Waals surface area contributed by atoms with E-state index in [1.54, 1.807) is 6.07 Å². The molecular formula is C21H20N2O5. The summed E-state index contributed by atoms with van der Waals surface area (Å²) in [4.78, 5) is 22.8. The van der Waals surface area contributed by atoms with Gasteiger partial charge in [-0.1, -0.05) is 25.1 Å². The van der Waals surface area contributed by atoms with E-state index in [4.69, 9.17) is 9.47 Å². The van der Waals surface area contributed by atoms with Gasteiger partial charge in [-0.05, 0) is 43.7 Å². The summed E-state index contributed by atoms with van der Waals surface area (Å²) in [5, 5.41) is 13.6. The largest absolute Gasteiger partial charge is 0.466 e. The number of hydrogen-bond donors (Lipinski definition) is 1. The smallest absolute Gasteiger partial charge is 0.270 e. The van der Waals surface area contributed by atoms with Crippen LogP contribution in [0.3, 0.4) is 0 Å². The molecular weight excluding hydrogens is 360 g/mol. The lowest BCUT2D eigenvalue weighted by atomic mass is 10.1. The number of carbonyl (C=O) groups excluding carboxylic acids is 1. The molecule has 2 aromatic carbocycles. The van der Waals surface area contributed by atoms with E-state index in [0.29, 0.717) is 22.8 Å². The number of hydrogen-bond acceptors (Lipinski definition) is 5. The fourth-order valence-electron chi connectivity index (χ4n) is 2.72. The molecule has 2 aromatic rings. The summed E-state index contributed by atoms with van der Waals surface area (Å²) >= 11 is 0. The summed E-state index contributed by atoms with van der Waals surface area (Å²) < 4.78 is 11.7. The van der Waals surface area contributed by atoms with E-state index in [1.165, 1.54) is 18.2 Å². The van der Waals surface area contributed by atoms with Crippen LogP contribution in [0, 0.1) is 10.1 Å². The first-order valence-corrected chi connectivity index (χ1v) is 8.88. The van der Waals surface area contributed by atoms with Crippen molar-refractivity contribution in [1.29, 1.82) is 0 Å². The summed E-state index contributed by atoms with van der Waals surface area (Å²) in [7, 11) is 0. The van der Waals surface area contributed by atoms with Crippen molar-refractivity contribution >= 4 is 11.6 Å². The Morgan fingerprint density at radius 2 is 2.14 bits per heavy atom. The van der Waals surface area contributed by atoms with Gasteiger partial charge in [0.1, 0.15) is 17.3 Å². The highest BCUT2D eigenvalue weighted by Gasteiger charge is 2.28. The zero-order valence-corrected chi connectivity index (χ0v) is 15.5. The molecule has 28 heavy (non-hydrogen) atoms. The number of nitrogens with zero attached hydrogens (tertiary/aromatic N) is 1. The van der Waals surface area contributed by atoms with Crippen LogP contribution in [0.2, 0.25) is 0 Å². The molecule has 7 heteroatoms. The minimum atomic E-state index is -0.717. The second-order valence-electron chi connectivity index (χ2n) is 6.09. The Balaban J connectivity index is 1.82. The highest BCUT2D eigenvalue weighted by molar-refractivity contribution is 5.98. The van der Waals surface area contributed by atoms with Crippen LogP contribution >= 0.6 is 0 Å². The predicted molar refractivity (Wildman–Crippen MR) is 104 cm³/mol. The van der Waals surface area contributed by atoms with Crippen LogP contribution in [0.5, 0.6) is 11.5 Å². The van der Waals surface area contributed by atoms with Crippen molar-refractivity contribution in [2.75, 3.05) is 0 Å². The van der Waals surface area contributed by atoms with Gasteiger partial charge in [0.05, 0.1) is 10.5 Å². The molecule has 1 aliphatic rings. The van der Waals surface area contributed by atoms with E-state index in [9.17, 15) is 14.9 Å². The zero-order valence-electron chi connectivity index (χ0n) is 15.5. The van der Waals surface area contributed by atoms with Crippen molar-refractivity contribution in [3.8, 4) is 11.5 Å². The molecule has 1 unspecified atom stereocenters. The van der Waals surface area contributed by atoms with E-state index >= 15 is 0 Å². The fraction of sp³-hybridized carbons (Fsp3) is 0.190. The lowest BCUT2D eigenvalue weighted by Crippen LogP contribution is -2.36. The van der Waals surface area contributed by atoms with E-state index in [2.05, 4.69) is 5.32 Å². The third-order valence-electron chi connectivity index (χ3n) is 4.12. The number of nitro groups is 1. The number of carbonyl (C=O) groups is 1. The molecule has 1 heterocycles. The molecule has 3 rings (SSSR count). The van der Waals surface area contributed by atoms with Crippen molar-refractivity contribution in [1.82, 2.24) is 5.32 Å². The number of fused-ring (bicyclic) bond motifs is 1. The summed E-state index contributed by atoms with van der Waals surface area (Å²) in [6.07, 6.45) is 5.94. The Morgan fingerprint density at radius 3 is 2.86 bits per heavy atom. The molecule has 1 atom stereocenters. The topological polar surface area (TPSA) is 90.7 Å². The van der Waals surface area contributed by atoms with Gasteiger partial charge < -0.3 is 14.8 Å². The molecule has 0 saturated carbocycles. The molecule has 0 fully saturated rings. The van der Waals surface area contributed by atoms with E-state index < -0.39 is 17.1 Å². The van der Waals surface area contributed by atoms with Crippen molar-refractivity contribution < 1.29 is 19.2 Å². The molecule has 1 aliphatic heterocycles. The Labute approximate surface area is 162 Å². The molecule has 0 radical (unpaired) electrons. The van der Waals surface area contributed by atoms with Crippen LogP contribution in [0.1, 0.15) is 42.4 Å². The van der Waals surface area contributed by atoms with Gasteiger partial charge in [0.2, 0.25) is 0 Å². The van der Waals surface area contributed by atoms with Gasteiger partial charge in [-0.15, -0.1) is 0 Å². The average molecular weight is 380 g/mol. The van der Waals surface area contributed by atoms with Crippen LogP contribution in [0.15, 0.2) is 66.5 Å². The Kier molecular flexibility index (Phi) is 5.74. The summed E-state index contributed by atoms with van der Waals surface area (Å²) in [6, 6.07) is 11.2. The Bertz CT molecular complexity index is 965. The first-order chi connectivity index (χ1) is 13.5. The van der Waals surface area contributed by atoms with Gasteiger partial charge in [0.25, 0.3) is 11.6 Å². The average Bonchev–Trinajstić information content (AvgIpc) is 2.70. The lowest BCUT2D eigenvalue weighted by Gasteiger charge is -2.27.